The van der Waals surface area contributed by atoms with Crippen LogP contribution in [0.2, 0.25) is 0 Å². The molecule has 1 unspecified atom stereocenters. The number of hydrogen-bond acceptors (Lipinski definition) is 3. The first kappa shape index (κ1) is 12.4. The Hall–Kier alpha value is -0.590. The van der Waals surface area contributed by atoms with Gasteiger partial charge in [0.1, 0.15) is 6.10 Å². The van der Waals surface area contributed by atoms with Crippen molar-refractivity contribution in [3.63, 3.8) is 0 Å². The molecule has 0 aliphatic carbocycles. The van der Waals surface area contributed by atoms with E-state index in [4.69, 9.17) is 0 Å². The van der Waals surface area contributed by atoms with Crippen molar-refractivity contribution in [1.29, 1.82) is 0 Å². The topological polar surface area (TPSA) is 52.3 Å². The summed E-state index contributed by atoms with van der Waals surface area (Å²) in [7, 11) is 0. The van der Waals surface area contributed by atoms with Gasteiger partial charge in [-0.15, -0.1) is 11.8 Å². The lowest BCUT2D eigenvalue weighted by atomic mass is 10.5. The lowest BCUT2D eigenvalue weighted by molar-refractivity contribution is -0.105. The molecule has 1 atom stereocenters. The fraction of sp³-hybridized carbons (Fsp3) is 0.833. The van der Waals surface area contributed by atoms with Gasteiger partial charge < -0.3 is 10.5 Å². The van der Waals surface area contributed by atoms with Crippen molar-refractivity contribution in [2.75, 3.05) is 11.5 Å². The van der Waals surface area contributed by atoms with E-state index in [1.807, 2.05) is 0 Å². The van der Waals surface area contributed by atoms with Crippen LogP contribution in [0.1, 0.15) is 6.92 Å². The zero-order valence-electron chi connectivity index (χ0n) is 6.93. The highest BCUT2D eigenvalue weighted by Crippen LogP contribution is 2.21. The van der Waals surface area contributed by atoms with Crippen LogP contribution >= 0.6 is 11.8 Å². The molecule has 3 nitrogen and oxygen atoms in total. The number of hydrogen-bond donors (Lipinski definition) is 1. The number of carbonyl (C=O) groups is 1. The summed E-state index contributed by atoms with van der Waals surface area (Å²) in [6, 6.07) is 0. The average Bonchev–Trinajstić information content (AvgIpc) is 1.81. The van der Waals surface area contributed by atoms with Crippen LogP contribution in [0.3, 0.4) is 0 Å². The van der Waals surface area contributed by atoms with Gasteiger partial charge in [-0.05, 0) is 6.92 Å². The molecule has 0 heterocycles. The molecule has 2 N–H and O–H groups in total. The van der Waals surface area contributed by atoms with Crippen LogP contribution in [-0.4, -0.2) is 29.9 Å². The van der Waals surface area contributed by atoms with E-state index in [0.717, 1.165) is 0 Å². The van der Waals surface area contributed by atoms with Gasteiger partial charge in [0.05, 0.1) is 5.75 Å². The smallest absolute Gasteiger partial charge is 0.404 e. The number of ether oxygens (including phenoxy) is 1. The maximum atomic E-state index is 11.6. The van der Waals surface area contributed by atoms with Gasteiger partial charge in [-0.1, -0.05) is 0 Å². The largest absolute Gasteiger partial charge is 0.446 e. The number of alkyl halides is 3. The van der Waals surface area contributed by atoms with Gasteiger partial charge >= 0.3 is 12.3 Å². The SMILES string of the molecule is CC(CSCC(F)(F)F)OC(N)=O. The van der Waals surface area contributed by atoms with Gasteiger partial charge in [0.2, 0.25) is 0 Å². The van der Waals surface area contributed by atoms with Crippen LogP contribution in [0.4, 0.5) is 18.0 Å². The fourth-order valence-corrected chi connectivity index (χ4v) is 1.32. The Morgan fingerprint density at radius 1 is 1.62 bits per heavy atom. The van der Waals surface area contributed by atoms with E-state index in [0.29, 0.717) is 11.8 Å². The average molecular weight is 217 g/mol. The third-order valence-corrected chi connectivity index (χ3v) is 2.17. The summed E-state index contributed by atoms with van der Waals surface area (Å²) >= 11 is 0.652. The molecule has 0 saturated carbocycles. The van der Waals surface area contributed by atoms with E-state index in [-0.39, 0.29) is 5.75 Å². The maximum absolute atomic E-state index is 11.6. The zero-order valence-corrected chi connectivity index (χ0v) is 7.74. The number of primary amides is 1. The first-order chi connectivity index (χ1) is 5.81. The van der Waals surface area contributed by atoms with Crippen molar-refractivity contribution in [3.05, 3.63) is 0 Å². The zero-order chi connectivity index (χ0) is 10.5. The predicted molar refractivity (Wildman–Crippen MR) is 43.5 cm³/mol. The highest BCUT2D eigenvalue weighted by Gasteiger charge is 2.27. The van der Waals surface area contributed by atoms with E-state index in [9.17, 15) is 18.0 Å². The van der Waals surface area contributed by atoms with Crippen LogP contribution in [0.15, 0.2) is 0 Å². The van der Waals surface area contributed by atoms with Crippen molar-refractivity contribution in [3.8, 4) is 0 Å². The van der Waals surface area contributed by atoms with Gasteiger partial charge in [0, 0.05) is 5.75 Å². The Bertz CT molecular complexity index is 174. The van der Waals surface area contributed by atoms with E-state index in [1.54, 1.807) is 0 Å². The van der Waals surface area contributed by atoms with E-state index in [2.05, 4.69) is 10.5 Å². The fourth-order valence-electron chi connectivity index (χ4n) is 0.573. The third kappa shape index (κ3) is 9.32. The molecule has 0 aromatic rings. The second kappa shape index (κ2) is 5.21. The number of halogens is 3. The Balaban J connectivity index is 3.48. The van der Waals surface area contributed by atoms with Gasteiger partial charge in [-0.2, -0.15) is 13.2 Å². The van der Waals surface area contributed by atoms with Crippen molar-refractivity contribution in [1.82, 2.24) is 0 Å². The standard InChI is InChI=1S/C6H10F3NO2S/c1-4(12-5(10)11)2-13-3-6(7,8)9/h4H,2-3H2,1H3,(H2,10,11). The minimum absolute atomic E-state index is 0.0858. The maximum Gasteiger partial charge on any atom is 0.404 e. The minimum Gasteiger partial charge on any atom is -0.446 e. The molecule has 0 rings (SSSR count). The van der Waals surface area contributed by atoms with Crippen LogP contribution in [-0.2, 0) is 4.74 Å². The van der Waals surface area contributed by atoms with Crippen molar-refractivity contribution in [2.24, 2.45) is 5.73 Å². The number of rotatable bonds is 4. The Labute approximate surface area is 77.8 Å². The van der Waals surface area contributed by atoms with Crippen LogP contribution in [0.5, 0.6) is 0 Å². The van der Waals surface area contributed by atoms with E-state index in [1.165, 1.54) is 6.92 Å². The predicted octanol–water partition coefficient (Wildman–Crippen LogP) is 1.77. The lowest BCUT2D eigenvalue weighted by Crippen LogP contribution is -2.23. The molecule has 0 spiro atoms. The van der Waals surface area contributed by atoms with Gasteiger partial charge in [-0.3, -0.25) is 0 Å². The molecule has 0 radical (unpaired) electrons. The quantitative estimate of drug-likeness (QED) is 0.780. The summed E-state index contributed by atoms with van der Waals surface area (Å²) in [5, 5.41) is 0. The summed E-state index contributed by atoms with van der Waals surface area (Å²) in [5.74, 6) is -0.859. The minimum atomic E-state index is -4.18. The summed E-state index contributed by atoms with van der Waals surface area (Å²) < 4.78 is 39.3. The highest BCUT2D eigenvalue weighted by molar-refractivity contribution is 7.99. The first-order valence-electron chi connectivity index (χ1n) is 3.42. The third-order valence-electron chi connectivity index (χ3n) is 0.936. The molecule has 0 saturated heterocycles. The molecular formula is C6H10F3NO2S. The molecular weight excluding hydrogens is 207 g/mol. The van der Waals surface area contributed by atoms with E-state index >= 15 is 0 Å². The monoisotopic (exact) mass is 217 g/mol. The molecule has 0 aliphatic rings. The normalized spacial score (nSPS) is 13.8. The molecule has 0 aromatic heterocycles. The Kier molecular flexibility index (Phi) is 4.97. The number of amides is 1. The lowest BCUT2D eigenvalue weighted by Gasteiger charge is -2.11. The van der Waals surface area contributed by atoms with Crippen LogP contribution in [0.25, 0.3) is 0 Å². The summed E-state index contributed by atoms with van der Waals surface area (Å²) in [4.78, 5) is 10.1. The second-order valence-corrected chi connectivity index (χ2v) is 3.41. The Morgan fingerprint density at radius 3 is 2.54 bits per heavy atom. The van der Waals surface area contributed by atoms with Gasteiger partial charge in [0.15, 0.2) is 0 Å². The molecule has 78 valence electrons. The summed E-state index contributed by atoms with van der Waals surface area (Å²) in [5.41, 5.74) is 4.66. The van der Waals surface area contributed by atoms with Crippen molar-refractivity contribution < 1.29 is 22.7 Å². The molecule has 0 fully saturated rings. The van der Waals surface area contributed by atoms with Gasteiger partial charge in [-0.25, -0.2) is 4.79 Å². The van der Waals surface area contributed by atoms with Crippen molar-refractivity contribution in [2.45, 2.75) is 19.2 Å². The molecule has 7 heteroatoms. The summed E-state index contributed by atoms with van der Waals surface area (Å²) in [6.45, 7) is 1.48. The number of carbonyl (C=O) groups excluding carboxylic acids is 1. The van der Waals surface area contributed by atoms with Crippen LogP contribution < -0.4 is 5.73 Å². The van der Waals surface area contributed by atoms with E-state index < -0.39 is 24.1 Å². The molecule has 0 bridgehead atoms. The highest BCUT2D eigenvalue weighted by atomic mass is 32.2. The van der Waals surface area contributed by atoms with Crippen molar-refractivity contribution >= 4 is 17.9 Å². The molecule has 0 aromatic carbocycles. The molecule has 1 amide bonds. The number of nitrogens with two attached hydrogens (primary N) is 1. The Morgan fingerprint density at radius 2 is 2.15 bits per heavy atom. The molecule has 13 heavy (non-hydrogen) atoms. The summed E-state index contributed by atoms with van der Waals surface area (Å²) in [6.07, 6.45) is -5.75. The number of thioether (sulfide) groups is 1. The second-order valence-electron chi connectivity index (χ2n) is 2.38. The molecule has 0 aliphatic heterocycles. The van der Waals surface area contributed by atoms with Gasteiger partial charge in [0.25, 0.3) is 0 Å². The van der Waals surface area contributed by atoms with Crippen LogP contribution in [0, 0.1) is 0 Å². The first-order valence-corrected chi connectivity index (χ1v) is 4.57.